The molecule has 1 amide bonds. The zero-order chi connectivity index (χ0) is 15.8. The molecular weight excluding hydrogens is 422 g/mol. The molecule has 0 aliphatic rings. The minimum absolute atomic E-state index is 0. The maximum atomic E-state index is 13.1. The van der Waals surface area contributed by atoms with Crippen molar-refractivity contribution >= 4 is 47.4 Å². The van der Waals surface area contributed by atoms with E-state index in [9.17, 15) is 9.18 Å². The number of hydrogen-bond donors (Lipinski definition) is 2. The zero-order valence-electron chi connectivity index (χ0n) is 12.8. The number of nitrogens with one attached hydrogen (secondary N) is 2. The highest BCUT2D eigenvalue weighted by Crippen LogP contribution is 2.16. The second-order valence-corrected chi connectivity index (χ2v) is 4.99. The first-order valence-corrected chi connectivity index (χ1v) is 6.98. The number of hydrogen-bond acceptors (Lipinski definition) is 2. The molecule has 124 valence electrons. The Kier molecular flexibility index (Phi) is 10.1. The van der Waals surface area contributed by atoms with E-state index in [1.165, 1.54) is 17.0 Å². The molecule has 0 bridgehead atoms. The molecule has 1 rings (SSSR count). The number of carbonyl (C=O) groups is 1. The molecule has 0 aromatic heterocycles. The van der Waals surface area contributed by atoms with E-state index in [2.05, 4.69) is 15.6 Å². The number of halogens is 3. The number of likely N-dealkylation sites (N-methyl/N-ethyl adjacent to an activating group) is 1. The Morgan fingerprint density at radius 1 is 1.36 bits per heavy atom. The van der Waals surface area contributed by atoms with Gasteiger partial charge in [0, 0.05) is 20.6 Å². The molecule has 22 heavy (non-hydrogen) atoms. The summed E-state index contributed by atoms with van der Waals surface area (Å²) < 4.78 is 13.1. The molecule has 0 radical (unpaired) electrons. The molecule has 0 heterocycles. The third kappa shape index (κ3) is 7.26. The van der Waals surface area contributed by atoms with E-state index in [4.69, 9.17) is 11.6 Å². The summed E-state index contributed by atoms with van der Waals surface area (Å²) in [4.78, 5) is 17.4. The minimum atomic E-state index is -0.453. The molecule has 1 aromatic carbocycles. The van der Waals surface area contributed by atoms with Crippen molar-refractivity contribution in [3.63, 3.8) is 0 Å². The third-order valence-electron chi connectivity index (χ3n) is 2.65. The van der Waals surface area contributed by atoms with Crippen LogP contribution in [0.2, 0.25) is 5.02 Å². The highest BCUT2D eigenvalue weighted by molar-refractivity contribution is 14.0. The SMILES string of the molecule is CCNC(=NCc1ccc(F)c(Cl)c1)NCC(=O)N(C)C.I. The average Bonchev–Trinajstić information content (AvgIpc) is 2.45. The first kappa shape index (κ1) is 20.9. The van der Waals surface area contributed by atoms with E-state index in [-0.39, 0.29) is 41.5 Å². The lowest BCUT2D eigenvalue weighted by molar-refractivity contribution is -0.127. The van der Waals surface area contributed by atoms with Crippen LogP contribution in [0.3, 0.4) is 0 Å². The fraction of sp³-hybridized carbons (Fsp3) is 0.429. The van der Waals surface area contributed by atoms with Gasteiger partial charge in [-0.1, -0.05) is 17.7 Å². The van der Waals surface area contributed by atoms with Crippen LogP contribution in [-0.4, -0.2) is 44.0 Å². The summed E-state index contributed by atoms with van der Waals surface area (Å²) in [5.41, 5.74) is 0.789. The van der Waals surface area contributed by atoms with Gasteiger partial charge in [-0.25, -0.2) is 9.38 Å². The molecule has 2 N–H and O–H groups in total. The van der Waals surface area contributed by atoms with Crippen molar-refractivity contribution < 1.29 is 9.18 Å². The molecule has 0 atom stereocenters. The predicted molar refractivity (Wildman–Crippen MR) is 98.3 cm³/mol. The maximum absolute atomic E-state index is 13.1. The van der Waals surface area contributed by atoms with Crippen molar-refractivity contribution in [2.75, 3.05) is 27.2 Å². The van der Waals surface area contributed by atoms with Crippen molar-refractivity contribution in [1.29, 1.82) is 0 Å². The molecule has 0 saturated carbocycles. The highest BCUT2D eigenvalue weighted by Gasteiger charge is 2.05. The summed E-state index contributed by atoms with van der Waals surface area (Å²) in [7, 11) is 3.38. The molecule has 5 nitrogen and oxygen atoms in total. The maximum Gasteiger partial charge on any atom is 0.241 e. The number of carbonyl (C=O) groups excluding carboxylic acids is 1. The Balaban J connectivity index is 0.00000441. The summed E-state index contributed by atoms with van der Waals surface area (Å²) in [5, 5.41) is 6.05. The first-order chi connectivity index (χ1) is 9.93. The van der Waals surface area contributed by atoms with Crippen LogP contribution < -0.4 is 10.6 Å². The first-order valence-electron chi connectivity index (χ1n) is 6.60. The van der Waals surface area contributed by atoms with Crippen LogP contribution in [-0.2, 0) is 11.3 Å². The number of amides is 1. The second-order valence-electron chi connectivity index (χ2n) is 4.59. The Morgan fingerprint density at radius 2 is 2.05 bits per heavy atom. The van der Waals surface area contributed by atoms with E-state index >= 15 is 0 Å². The Labute approximate surface area is 152 Å². The van der Waals surface area contributed by atoms with E-state index in [1.807, 2.05) is 6.92 Å². The Morgan fingerprint density at radius 3 is 2.59 bits per heavy atom. The monoisotopic (exact) mass is 442 g/mol. The van der Waals surface area contributed by atoms with Gasteiger partial charge in [-0.3, -0.25) is 4.79 Å². The highest BCUT2D eigenvalue weighted by atomic mass is 127. The van der Waals surface area contributed by atoms with E-state index in [1.54, 1.807) is 20.2 Å². The number of aliphatic imine (C=N–C) groups is 1. The minimum Gasteiger partial charge on any atom is -0.357 e. The van der Waals surface area contributed by atoms with Gasteiger partial charge in [0.2, 0.25) is 5.91 Å². The predicted octanol–water partition coefficient (Wildman–Crippen LogP) is 2.24. The van der Waals surface area contributed by atoms with Crippen LogP contribution in [0.4, 0.5) is 4.39 Å². The Bertz CT molecular complexity index is 526. The van der Waals surface area contributed by atoms with Gasteiger partial charge in [0.1, 0.15) is 5.82 Å². The molecule has 1 aromatic rings. The van der Waals surface area contributed by atoms with Crippen molar-refractivity contribution in [2.45, 2.75) is 13.5 Å². The molecular formula is C14H21ClFIN4O. The van der Waals surface area contributed by atoms with Gasteiger partial charge in [0.15, 0.2) is 5.96 Å². The molecule has 0 saturated heterocycles. The molecule has 0 unspecified atom stereocenters. The summed E-state index contributed by atoms with van der Waals surface area (Å²) in [5.74, 6) is 0.0181. The smallest absolute Gasteiger partial charge is 0.241 e. The zero-order valence-corrected chi connectivity index (χ0v) is 15.9. The van der Waals surface area contributed by atoms with Gasteiger partial charge in [-0.2, -0.15) is 0 Å². The fourth-order valence-corrected chi connectivity index (χ4v) is 1.67. The number of rotatable bonds is 5. The second kappa shape index (κ2) is 10.6. The van der Waals surface area contributed by atoms with Crippen LogP contribution in [0.15, 0.2) is 23.2 Å². The van der Waals surface area contributed by atoms with Gasteiger partial charge in [-0.05, 0) is 24.6 Å². The van der Waals surface area contributed by atoms with Crippen molar-refractivity contribution in [3.8, 4) is 0 Å². The molecule has 8 heteroatoms. The lowest BCUT2D eigenvalue weighted by Gasteiger charge is -2.14. The van der Waals surface area contributed by atoms with Crippen molar-refractivity contribution in [1.82, 2.24) is 15.5 Å². The quantitative estimate of drug-likeness (QED) is 0.418. The number of benzene rings is 1. The summed E-state index contributed by atoms with van der Waals surface area (Å²) in [6.07, 6.45) is 0. The van der Waals surface area contributed by atoms with Gasteiger partial charge < -0.3 is 15.5 Å². The van der Waals surface area contributed by atoms with Crippen LogP contribution in [0.5, 0.6) is 0 Å². The number of guanidine groups is 1. The van der Waals surface area contributed by atoms with Crippen LogP contribution in [0.1, 0.15) is 12.5 Å². The standard InChI is InChI=1S/C14H20ClFN4O.HI/c1-4-17-14(19-9-13(21)20(2)3)18-8-10-5-6-12(16)11(15)7-10;/h5-7H,4,8-9H2,1-3H3,(H2,17,18,19);1H. The molecule has 0 spiro atoms. The van der Waals surface area contributed by atoms with E-state index in [0.717, 1.165) is 5.56 Å². The van der Waals surface area contributed by atoms with Crippen LogP contribution in [0, 0.1) is 5.82 Å². The fourth-order valence-electron chi connectivity index (χ4n) is 1.47. The lowest BCUT2D eigenvalue weighted by atomic mass is 10.2. The van der Waals surface area contributed by atoms with Gasteiger partial charge >= 0.3 is 0 Å². The van der Waals surface area contributed by atoms with E-state index in [0.29, 0.717) is 19.0 Å². The van der Waals surface area contributed by atoms with Crippen LogP contribution in [0.25, 0.3) is 0 Å². The average molecular weight is 443 g/mol. The topological polar surface area (TPSA) is 56.7 Å². The largest absolute Gasteiger partial charge is 0.357 e. The third-order valence-corrected chi connectivity index (χ3v) is 2.94. The van der Waals surface area contributed by atoms with Gasteiger partial charge in [0.25, 0.3) is 0 Å². The summed E-state index contributed by atoms with van der Waals surface area (Å²) in [6.45, 7) is 3.10. The van der Waals surface area contributed by atoms with Crippen molar-refractivity contribution in [3.05, 3.63) is 34.6 Å². The number of nitrogens with zero attached hydrogens (tertiary/aromatic N) is 2. The lowest BCUT2D eigenvalue weighted by Crippen LogP contribution is -2.42. The van der Waals surface area contributed by atoms with Gasteiger partial charge in [0.05, 0.1) is 18.1 Å². The molecule has 0 fully saturated rings. The van der Waals surface area contributed by atoms with E-state index < -0.39 is 5.82 Å². The summed E-state index contributed by atoms with van der Waals surface area (Å²) in [6, 6.07) is 4.47. The normalized spacial score (nSPS) is 10.7. The molecule has 0 aliphatic carbocycles. The van der Waals surface area contributed by atoms with Gasteiger partial charge in [-0.15, -0.1) is 24.0 Å². The van der Waals surface area contributed by atoms with Crippen molar-refractivity contribution in [2.24, 2.45) is 4.99 Å². The summed E-state index contributed by atoms with van der Waals surface area (Å²) >= 11 is 5.72. The van der Waals surface area contributed by atoms with Crippen LogP contribution >= 0.6 is 35.6 Å². The molecule has 0 aliphatic heterocycles. The Hall–Kier alpha value is -1.09.